The van der Waals surface area contributed by atoms with Crippen molar-refractivity contribution in [3.8, 4) is 5.75 Å². The molecule has 0 aliphatic carbocycles. The van der Waals surface area contributed by atoms with E-state index in [1.807, 2.05) is 14.1 Å². The first-order valence-corrected chi connectivity index (χ1v) is 7.07. The standard InChI is InChI=1S/C15H25N3O3/c1-11(2)8-12(10-17(3)4)16-14-7-6-13(21-5)9-15(14)18(19)20/h6-7,9,11-12,16H,8,10H2,1-5H3. The number of nitro benzene ring substituents is 1. The van der Waals surface area contributed by atoms with Crippen LogP contribution in [0, 0.1) is 16.0 Å². The van der Waals surface area contributed by atoms with Crippen molar-refractivity contribution in [2.24, 2.45) is 5.92 Å². The molecule has 0 fully saturated rings. The first-order chi connectivity index (χ1) is 9.83. The summed E-state index contributed by atoms with van der Waals surface area (Å²) in [5.41, 5.74) is 0.579. The van der Waals surface area contributed by atoms with Crippen LogP contribution in [-0.2, 0) is 0 Å². The molecule has 0 aliphatic rings. The van der Waals surface area contributed by atoms with Gasteiger partial charge in [0.15, 0.2) is 0 Å². The van der Waals surface area contributed by atoms with Crippen molar-refractivity contribution in [2.45, 2.75) is 26.3 Å². The van der Waals surface area contributed by atoms with Crippen molar-refractivity contribution >= 4 is 11.4 Å². The molecule has 21 heavy (non-hydrogen) atoms. The number of hydrogen-bond donors (Lipinski definition) is 1. The quantitative estimate of drug-likeness (QED) is 0.590. The Bertz CT molecular complexity index is 465. The van der Waals surface area contributed by atoms with Gasteiger partial charge in [-0.15, -0.1) is 0 Å². The number of rotatable bonds is 8. The highest BCUT2D eigenvalue weighted by Gasteiger charge is 2.19. The van der Waals surface area contributed by atoms with Crippen LogP contribution in [0.3, 0.4) is 0 Å². The fourth-order valence-corrected chi connectivity index (χ4v) is 2.32. The number of methoxy groups -OCH3 is 1. The number of nitro groups is 1. The first-order valence-electron chi connectivity index (χ1n) is 7.07. The highest BCUT2D eigenvalue weighted by atomic mass is 16.6. The maximum absolute atomic E-state index is 11.2. The number of nitrogens with one attached hydrogen (secondary N) is 1. The Kier molecular flexibility index (Phi) is 6.42. The minimum atomic E-state index is -0.382. The molecule has 0 heterocycles. The van der Waals surface area contributed by atoms with E-state index in [-0.39, 0.29) is 16.7 Å². The molecular weight excluding hydrogens is 270 g/mol. The summed E-state index contributed by atoms with van der Waals surface area (Å²) in [5, 5.41) is 14.5. The van der Waals surface area contributed by atoms with E-state index in [0.717, 1.165) is 13.0 Å². The largest absolute Gasteiger partial charge is 0.496 e. The lowest BCUT2D eigenvalue weighted by Gasteiger charge is -2.25. The summed E-state index contributed by atoms with van der Waals surface area (Å²) in [5.74, 6) is 1.00. The van der Waals surface area contributed by atoms with Crippen molar-refractivity contribution in [3.63, 3.8) is 0 Å². The van der Waals surface area contributed by atoms with Crippen molar-refractivity contribution < 1.29 is 9.66 Å². The summed E-state index contributed by atoms with van der Waals surface area (Å²) in [6.45, 7) is 5.11. The predicted molar refractivity (Wildman–Crippen MR) is 85.1 cm³/mol. The highest BCUT2D eigenvalue weighted by Crippen LogP contribution is 2.30. The summed E-state index contributed by atoms with van der Waals surface area (Å²) in [6.07, 6.45) is 0.946. The van der Waals surface area contributed by atoms with Crippen LogP contribution in [0.25, 0.3) is 0 Å². The van der Waals surface area contributed by atoms with Crippen molar-refractivity contribution in [1.29, 1.82) is 0 Å². The average molecular weight is 295 g/mol. The molecule has 118 valence electrons. The number of nitrogens with zero attached hydrogens (tertiary/aromatic N) is 2. The maximum atomic E-state index is 11.2. The smallest absolute Gasteiger partial charge is 0.296 e. The molecule has 1 rings (SSSR count). The third-order valence-corrected chi connectivity index (χ3v) is 3.10. The lowest BCUT2D eigenvalue weighted by molar-refractivity contribution is -0.384. The van der Waals surface area contributed by atoms with Gasteiger partial charge in [-0.3, -0.25) is 10.1 Å². The molecule has 0 aliphatic heterocycles. The van der Waals surface area contributed by atoms with Crippen molar-refractivity contribution in [2.75, 3.05) is 33.1 Å². The fourth-order valence-electron chi connectivity index (χ4n) is 2.32. The van der Waals surface area contributed by atoms with Gasteiger partial charge in [-0.25, -0.2) is 0 Å². The zero-order valence-corrected chi connectivity index (χ0v) is 13.4. The fraction of sp³-hybridized carbons (Fsp3) is 0.600. The average Bonchev–Trinajstić information content (AvgIpc) is 2.37. The number of ether oxygens (including phenoxy) is 1. The molecule has 1 unspecified atom stereocenters. The number of likely N-dealkylation sites (N-methyl/N-ethyl adjacent to an activating group) is 1. The summed E-state index contributed by atoms with van der Waals surface area (Å²) >= 11 is 0. The van der Waals surface area contributed by atoms with E-state index in [1.165, 1.54) is 13.2 Å². The molecule has 0 aromatic heterocycles. The Hall–Kier alpha value is -1.82. The Morgan fingerprint density at radius 3 is 2.52 bits per heavy atom. The van der Waals surface area contributed by atoms with Gasteiger partial charge in [0.05, 0.1) is 18.1 Å². The Balaban J connectivity index is 2.98. The van der Waals surface area contributed by atoms with E-state index < -0.39 is 0 Å². The SMILES string of the molecule is COc1ccc(NC(CC(C)C)CN(C)C)c([N+](=O)[O-])c1. The van der Waals surface area contributed by atoms with Gasteiger partial charge in [0.1, 0.15) is 11.4 Å². The molecule has 1 aromatic rings. The third-order valence-electron chi connectivity index (χ3n) is 3.10. The van der Waals surface area contributed by atoms with Crippen LogP contribution in [0.4, 0.5) is 11.4 Å². The molecule has 0 bridgehead atoms. The zero-order chi connectivity index (χ0) is 16.0. The molecule has 0 saturated carbocycles. The topological polar surface area (TPSA) is 67.6 Å². The van der Waals surface area contributed by atoms with Gasteiger partial charge in [-0.2, -0.15) is 0 Å². The Labute approximate surface area is 126 Å². The molecule has 1 atom stereocenters. The molecule has 0 radical (unpaired) electrons. The van der Waals surface area contributed by atoms with Crippen LogP contribution in [0.2, 0.25) is 0 Å². The van der Waals surface area contributed by atoms with E-state index >= 15 is 0 Å². The van der Waals surface area contributed by atoms with Crippen LogP contribution in [0.5, 0.6) is 5.75 Å². The minimum absolute atomic E-state index is 0.0434. The predicted octanol–water partition coefficient (Wildman–Crippen LogP) is 2.99. The Morgan fingerprint density at radius 1 is 1.38 bits per heavy atom. The summed E-state index contributed by atoms with van der Waals surface area (Å²) in [7, 11) is 5.49. The summed E-state index contributed by atoms with van der Waals surface area (Å²) < 4.78 is 5.05. The third kappa shape index (κ3) is 5.59. The number of hydrogen-bond acceptors (Lipinski definition) is 5. The van der Waals surface area contributed by atoms with Gasteiger partial charge < -0.3 is 15.0 Å². The van der Waals surface area contributed by atoms with Gasteiger partial charge in [0, 0.05) is 12.6 Å². The molecule has 0 spiro atoms. The normalized spacial score (nSPS) is 12.5. The van der Waals surface area contributed by atoms with Gasteiger partial charge in [0.2, 0.25) is 0 Å². The number of anilines is 1. The lowest BCUT2D eigenvalue weighted by atomic mass is 10.0. The second kappa shape index (κ2) is 7.83. The van der Waals surface area contributed by atoms with Crippen molar-refractivity contribution in [3.05, 3.63) is 28.3 Å². The van der Waals surface area contributed by atoms with E-state index in [2.05, 4.69) is 24.1 Å². The van der Waals surface area contributed by atoms with Crippen LogP contribution >= 0.6 is 0 Å². The van der Waals surface area contributed by atoms with Crippen LogP contribution in [0.1, 0.15) is 20.3 Å². The molecule has 1 aromatic carbocycles. The molecular formula is C15H25N3O3. The second-order valence-corrected chi connectivity index (χ2v) is 5.87. The second-order valence-electron chi connectivity index (χ2n) is 5.87. The molecule has 6 heteroatoms. The monoisotopic (exact) mass is 295 g/mol. The Morgan fingerprint density at radius 2 is 2.05 bits per heavy atom. The van der Waals surface area contributed by atoms with Gasteiger partial charge in [-0.05, 0) is 38.6 Å². The van der Waals surface area contributed by atoms with E-state index in [1.54, 1.807) is 12.1 Å². The van der Waals surface area contributed by atoms with Gasteiger partial charge in [-0.1, -0.05) is 13.8 Å². The van der Waals surface area contributed by atoms with E-state index in [0.29, 0.717) is 17.4 Å². The number of benzene rings is 1. The molecule has 1 N–H and O–H groups in total. The summed E-state index contributed by atoms with van der Waals surface area (Å²) in [4.78, 5) is 12.9. The van der Waals surface area contributed by atoms with Gasteiger partial charge >= 0.3 is 0 Å². The maximum Gasteiger partial charge on any atom is 0.296 e. The molecule has 0 amide bonds. The molecule has 0 saturated heterocycles. The highest BCUT2D eigenvalue weighted by molar-refractivity contribution is 5.64. The summed E-state index contributed by atoms with van der Waals surface area (Å²) in [6, 6.07) is 5.05. The van der Waals surface area contributed by atoms with Crippen LogP contribution in [0.15, 0.2) is 18.2 Å². The minimum Gasteiger partial charge on any atom is -0.496 e. The van der Waals surface area contributed by atoms with Gasteiger partial charge in [0.25, 0.3) is 5.69 Å². The van der Waals surface area contributed by atoms with Crippen LogP contribution < -0.4 is 10.1 Å². The first kappa shape index (κ1) is 17.2. The molecule has 6 nitrogen and oxygen atoms in total. The van der Waals surface area contributed by atoms with E-state index in [9.17, 15) is 10.1 Å². The lowest BCUT2D eigenvalue weighted by Crippen LogP contribution is -2.33. The van der Waals surface area contributed by atoms with Crippen molar-refractivity contribution in [1.82, 2.24) is 4.90 Å². The van der Waals surface area contributed by atoms with Crippen LogP contribution in [-0.4, -0.2) is 43.6 Å². The zero-order valence-electron chi connectivity index (χ0n) is 13.4. The van der Waals surface area contributed by atoms with E-state index in [4.69, 9.17) is 4.74 Å².